The summed E-state index contributed by atoms with van der Waals surface area (Å²) >= 11 is 6.22. The van der Waals surface area contributed by atoms with Crippen LogP contribution >= 0.6 is 11.6 Å². The number of halogens is 3. The van der Waals surface area contributed by atoms with Gasteiger partial charge in [-0.2, -0.15) is 5.26 Å². The van der Waals surface area contributed by atoms with E-state index in [9.17, 15) is 18.8 Å². The summed E-state index contributed by atoms with van der Waals surface area (Å²) in [7, 11) is 0. The molecular weight excluding hydrogens is 374 g/mol. The maximum Gasteiger partial charge on any atom is 0.251 e. The van der Waals surface area contributed by atoms with E-state index in [2.05, 4.69) is 11.1 Å². The Morgan fingerprint density at radius 1 is 1.30 bits per heavy atom. The Kier molecular flexibility index (Phi) is 5.57. The Hall–Kier alpha value is -1.94. The number of hydrogen-bond acceptors (Lipinski definition) is 4. The second kappa shape index (κ2) is 7.59. The highest BCUT2D eigenvalue weighted by Crippen LogP contribution is 2.33. The average Bonchev–Trinajstić information content (AvgIpc) is 2.65. The predicted octanol–water partition coefficient (Wildman–Crippen LogP) is 3.70. The minimum absolute atomic E-state index is 0.0730. The third-order valence-corrected chi connectivity index (χ3v) is 6.06. The van der Waals surface area contributed by atoms with Gasteiger partial charge in [0, 0.05) is 39.0 Å². The molecule has 0 radical (unpaired) electrons. The van der Waals surface area contributed by atoms with Crippen molar-refractivity contribution in [3.63, 3.8) is 0 Å². The summed E-state index contributed by atoms with van der Waals surface area (Å²) in [6, 6.07) is 2.18. The molecule has 1 atom stereocenters. The Balaban J connectivity index is 1.77. The Bertz CT molecular complexity index is 783. The first-order chi connectivity index (χ1) is 12.7. The normalized spacial score (nSPS) is 22.4. The van der Waals surface area contributed by atoms with Crippen LogP contribution in [-0.4, -0.2) is 47.9 Å². The van der Waals surface area contributed by atoms with E-state index >= 15 is 0 Å². The van der Waals surface area contributed by atoms with Gasteiger partial charge in [0.2, 0.25) is 5.91 Å². The van der Waals surface area contributed by atoms with Gasteiger partial charge >= 0.3 is 0 Å². The molecule has 3 heterocycles. The number of nitrogens with zero attached hydrogens (tertiary/aromatic N) is 4. The second-order valence-electron chi connectivity index (χ2n) is 7.41. The fourth-order valence-corrected chi connectivity index (χ4v) is 4.00. The summed E-state index contributed by atoms with van der Waals surface area (Å²) in [5.74, 6) is -2.45. The number of carbonyl (C=O) groups excluding carboxylic acids is 1. The van der Waals surface area contributed by atoms with Gasteiger partial charge in [0.05, 0.1) is 22.2 Å². The van der Waals surface area contributed by atoms with Crippen LogP contribution in [0.1, 0.15) is 42.5 Å². The van der Waals surface area contributed by atoms with Crippen molar-refractivity contribution in [3.05, 3.63) is 21.8 Å². The van der Waals surface area contributed by atoms with Crippen molar-refractivity contribution in [3.8, 4) is 6.07 Å². The van der Waals surface area contributed by atoms with Crippen molar-refractivity contribution in [2.75, 3.05) is 31.1 Å². The molecule has 0 bridgehead atoms. The zero-order valence-electron chi connectivity index (χ0n) is 15.6. The van der Waals surface area contributed by atoms with Crippen molar-refractivity contribution < 1.29 is 13.6 Å². The van der Waals surface area contributed by atoms with Gasteiger partial charge < -0.3 is 9.80 Å². The topological polar surface area (TPSA) is 60.2 Å². The van der Waals surface area contributed by atoms with Crippen LogP contribution in [0.3, 0.4) is 0 Å². The van der Waals surface area contributed by atoms with E-state index in [1.54, 1.807) is 18.7 Å². The van der Waals surface area contributed by atoms with E-state index in [-0.39, 0.29) is 37.8 Å². The zero-order chi connectivity index (χ0) is 19.8. The van der Waals surface area contributed by atoms with Crippen LogP contribution in [0, 0.1) is 31.1 Å². The SMILES string of the molecule is Cc1nc(N2CCCC(C(=O)N3CCC(F)(F)CC3)C2)c(C#N)c(C)c1Cl. The molecule has 1 amide bonds. The summed E-state index contributed by atoms with van der Waals surface area (Å²) in [4.78, 5) is 20.8. The smallest absolute Gasteiger partial charge is 0.251 e. The molecule has 3 rings (SSSR count). The van der Waals surface area contributed by atoms with Gasteiger partial charge in [-0.25, -0.2) is 13.8 Å². The third-order valence-electron chi connectivity index (χ3n) is 5.51. The Morgan fingerprint density at radius 2 is 1.96 bits per heavy atom. The van der Waals surface area contributed by atoms with Gasteiger partial charge in [0.15, 0.2) is 0 Å². The van der Waals surface area contributed by atoms with Gasteiger partial charge in [-0.15, -0.1) is 0 Å². The third kappa shape index (κ3) is 4.01. The molecule has 1 aromatic rings. The maximum absolute atomic E-state index is 13.4. The molecule has 0 N–H and O–H groups in total. The van der Waals surface area contributed by atoms with E-state index in [0.29, 0.717) is 40.8 Å². The summed E-state index contributed by atoms with van der Waals surface area (Å²) < 4.78 is 26.7. The van der Waals surface area contributed by atoms with E-state index < -0.39 is 5.92 Å². The summed E-state index contributed by atoms with van der Waals surface area (Å²) in [5, 5.41) is 10.0. The van der Waals surface area contributed by atoms with E-state index in [0.717, 1.165) is 12.8 Å². The van der Waals surface area contributed by atoms with Crippen molar-refractivity contribution >= 4 is 23.3 Å². The molecule has 1 aromatic heterocycles. The monoisotopic (exact) mass is 396 g/mol. The molecule has 1 unspecified atom stereocenters. The molecule has 0 saturated carbocycles. The highest BCUT2D eigenvalue weighted by Gasteiger charge is 2.38. The molecule has 27 heavy (non-hydrogen) atoms. The number of alkyl halides is 2. The lowest BCUT2D eigenvalue weighted by Crippen LogP contribution is -2.49. The highest BCUT2D eigenvalue weighted by atomic mass is 35.5. The van der Waals surface area contributed by atoms with Crippen LogP contribution in [0.15, 0.2) is 0 Å². The molecule has 0 aromatic carbocycles. The Morgan fingerprint density at radius 3 is 2.59 bits per heavy atom. The molecule has 146 valence electrons. The number of hydrogen-bond donors (Lipinski definition) is 0. The standard InChI is InChI=1S/C19H23ClF2N4O/c1-12-15(10-23)17(24-13(2)16(12)20)26-7-3-4-14(11-26)18(27)25-8-5-19(21,22)6-9-25/h14H,3-9,11H2,1-2H3. The van der Waals surface area contributed by atoms with E-state index in [4.69, 9.17) is 11.6 Å². The van der Waals surface area contributed by atoms with Gasteiger partial charge in [-0.1, -0.05) is 11.6 Å². The van der Waals surface area contributed by atoms with E-state index in [1.165, 1.54) is 0 Å². The van der Waals surface area contributed by atoms with Crippen LogP contribution in [0.4, 0.5) is 14.6 Å². The van der Waals surface area contributed by atoms with Gasteiger partial charge in [-0.05, 0) is 32.3 Å². The average molecular weight is 397 g/mol. The van der Waals surface area contributed by atoms with Crippen LogP contribution in [0.2, 0.25) is 5.02 Å². The number of aromatic nitrogens is 1. The molecular formula is C19H23ClF2N4O. The van der Waals surface area contributed by atoms with Crippen LogP contribution in [0.5, 0.6) is 0 Å². The van der Waals surface area contributed by atoms with Gasteiger partial charge in [0.25, 0.3) is 5.92 Å². The summed E-state index contributed by atoms with van der Waals surface area (Å²) in [6.07, 6.45) is 0.957. The zero-order valence-corrected chi connectivity index (χ0v) is 16.3. The Labute approximate surface area is 162 Å². The first kappa shape index (κ1) is 19.8. The first-order valence-corrected chi connectivity index (χ1v) is 9.59. The summed E-state index contributed by atoms with van der Waals surface area (Å²) in [6.45, 7) is 4.92. The second-order valence-corrected chi connectivity index (χ2v) is 7.79. The maximum atomic E-state index is 13.4. The molecule has 8 heteroatoms. The number of amides is 1. The van der Waals surface area contributed by atoms with Crippen molar-refractivity contribution in [1.29, 1.82) is 5.26 Å². The van der Waals surface area contributed by atoms with Crippen molar-refractivity contribution in [2.24, 2.45) is 5.92 Å². The summed E-state index contributed by atoms with van der Waals surface area (Å²) in [5.41, 5.74) is 1.76. The number of nitriles is 1. The fraction of sp³-hybridized carbons (Fsp3) is 0.632. The number of carbonyl (C=O) groups is 1. The number of anilines is 1. The fourth-order valence-electron chi connectivity index (χ4n) is 3.86. The van der Waals surface area contributed by atoms with E-state index in [1.807, 2.05) is 4.90 Å². The number of piperidine rings is 2. The molecule has 0 aliphatic carbocycles. The van der Waals surface area contributed by atoms with Gasteiger partial charge in [0.1, 0.15) is 11.9 Å². The van der Waals surface area contributed by atoms with Gasteiger partial charge in [-0.3, -0.25) is 4.79 Å². The first-order valence-electron chi connectivity index (χ1n) is 9.22. The largest absolute Gasteiger partial charge is 0.355 e. The number of likely N-dealkylation sites (tertiary alicyclic amines) is 1. The molecule has 5 nitrogen and oxygen atoms in total. The molecule has 2 aliphatic rings. The number of rotatable bonds is 2. The molecule has 0 spiro atoms. The lowest BCUT2D eigenvalue weighted by Gasteiger charge is -2.38. The number of aryl methyl sites for hydroxylation is 1. The van der Waals surface area contributed by atoms with Crippen LogP contribution in [0.25, 0.3) is 0 Å². The minimum Gasteiger partial charge on any atom is -0.355 e. The highest BCUT2D eigenvalue weighted by molar-refractivity contribution is 6.32. The van der Waals surface area contributed by atoms with Crippen molar-refractivity contribution in [1.82, 2.24) is 9.88 Å². The molecule has 2 fully saturated rings. The predicted molar refractivity (Wildman–Crippen MR) is 99.1 cm³/mol. The van der Waals surface area contributed by atoms with Crippen molar-refractivity contribution in [2.45, 2.75) is 45.5 Å². The lowest BCUT2D eigenvalue weighted by atomic mass is 9.94. The number of pyridine rings is 1. The minimum atomic E-state index is -2.67. The molecule has 2 aliphatic heterocycles. The lowest BCUT2D eigenvalue weighted by molar-refractivity contribution is -0.141. The molecule has 2 saturated heterocycles. The quantitative estimate of drug-likeness (QED) is 0.764. The van der Waals surface area contributed by atoms with Crippen LogP contribution < -0.4 is 4.90 Å². The van der Waals surface area contributed by atoms with Crippen LogP contribution in [-0.2, 0) is 4.79 Å².